The summed E-state index contributed by atoms with van der Waals surface area (Å²) in [6.07, 6.45) is 2.48. The van der Waals surface area contributed by atoms with E-state index >= 15 is 0 Å². The zero-order valence-corrected chi connectivity index (χ0v) is 12.0. The van der Waals surface area contributed by atoms with E-state index in [1.54, 1.807) is 4.90 Å². The molecule has 7 nitrogen and oxygen atoms in total. The van der Waals surface area contributed by atoms with Crippen molar-refractivity contribution in [2.75, 3.05) is 13.1 Å². The van der Waals surface area contributed by atoms with E-state index in [0.717, 1.165) is 19.3 Å². The third-order valence-corrected chi connectivity index (χ3v) is 4.23. The molecular formula is C13H23N3O4. The van der Waals surface area contributed by atoms with Gasteiger partial charge in [-0.1, -0.05) is 13.8 Å². The monoisotopic (exact) mass is 285 g/mol. The Balaban J connectivity index is 2.62. The van der Waals surface area contributed by atoms with Gasteiger partial charge in [-0.25, -0.2) is 9.59 Å². The molecule has 0 radical (unpaired) electrons. The average molecular weight is 285 g/mol. The molecule has 7 heteroatoms. The Hall–Kier alpha value is -1.79. The molecule has 1 heterocycles. The average Bonchev–Trinajstić information content (AvgIpc) is 2.82. The van der Waals surface area contributed by atoms with Gasteiger partial charge in [0.2, 0.25) is 5.91 Å². The molecule has 0 aliphatic carbocycles. The number of primary amides is 1. The normalized spacial score (nSPS) is 18.6. The summed E-state index contributed by atoms with van der Waals surface area (Å²) >= 11 is 0. The fraction of sp³-hybridized carbons (Fsp3) is 0.769. The van der Waals surface area contributed by atoms with E-state index in [0.29, 0.717) is 13.1 Å². The Morgan fingerprint density at radius 2 is 1.95 bits per heavy atom. The fourth-order valence-corrected chi connectivity index (χ4v) is 2.58. The molecule has 1 saturated heterocycles. The molecule has 114 valence electrons. The van der Waals surface area contributed by atoms with Gasteiger partial charge in [-0.15, -0.1) is 0 Å². The zero-order valence-electron chi connectivity index (χ0n) is 12.0. The highest BCUT2D eigenvalue weighted by Gasteiger charge is 2.38. The van der Waals surface area contributed by atoms with E-state index in [1.165, 1.54) is 0 Å². The van der Waals surface area contributed by atoms with Gasteiger partial charge in [-0.05, 0) is 24.7 Å². The van der Waals surface area contributed by atoms with Gasteiger partial charge in [0.05, 0.1) is 6.42 Å². The van der Waals surface area contributed by atoms with E-state index < -0.39 is 30.4 Å². The zero-order chi connectivity index (χ0) is 15.3. The third kappa shape index (κ3) is 3.85. The Bertz CT molecular complexity index is 393. The Labute approximate surface area is 118 Å². The molecule has 1 aliphatic heterocycles. The van der Waals surface area contributed by atoms with Crippen molar-refractivity contribution in [3.05, 3.63) is 0 Å². The number of carboxylic acids is 1. The van der Waals surface area contributed by atoms with Crippen LogP contribution >= 0.6 is 0 Å². The summed E-state index contributed by atoms with van der Waals surface area (Å²) in [7, 11) is 0. The number of hydrogen-bond donors (Lipinski definition) is 3. The number of likely N-dealkylation sites (tertiary alicyclic amines) is 1. The maximum Gasteiger partial charge on any atom is 0.326 e. The van der Waals surface area contributed by atoms with Gasteiger partial charge in [0.1, 0.15) is 6.04 Å². The van der Waals surface area contributed by atoms with Crippen LogP contribution in [0.5, 0.6) is 0 Å². The van der Waals surface area contributed by atoms with Gasteiger partial charge in [-0.2, -0.15) is 0 Å². The molecule has 0 aromatic rings. The minimum absolute atomic E-state index is 0.125. The highest BCUT2D eigenvalue weighted by molar-refractivity contribution is 5.87. The first-order valence-corrected chi connectivity index (χ1v) is 6.90. The predicted octanol–water partition coefficient (Wildman–Crippen LogP) is 0.537. The second-order valence-electron chi connectivity index (χ2n) is 5.39. The van der Waals surface area contributed by atoms with Crippen molar-refractivity contribution in [1.29, 1.82) is 0 Å². The van der Waals surface area contributed by atoms with Crippen molar-refractivity contribution in [1.82, 2.24) is 10.2 Å². The standard InChI is InChI=1S/C13H23N3O4/c1-3-13(4-2)5-6-16(8-13)12(20)15-9(11(18)19)7-10(14)17/h9H,3-8H2,1-2H3,(H2,14,17)(H,15,20)(H,18,19)/t9-/m0/s1. The van der Waals surface area contributed by atoms with Gasteiger partial charge in [0.15, 0.2) is 0 Å². The second-order valence-corrected chi connectivity index (χ2v) is 5.39. The number of rotatable bonds is 6. The molecule has 0 bridgehead atoms. The Morgan fingerprint density at radius 3 is 2.35 bits per heavy atom. The Kier molecular flexibility index (Phi) is 5.35. The lowest BCUT2D eigenvalue weighted by Gasteiger charge is -2.27. The number of urea groups is 1. The number of carbonyl (C=O) groups is 3. The van der Waals surface area contributed by atoms with Crippen LogP contribution in [0, 0.1) is 5.41 Å². The minimum Gasteiger partial charge on any atom is -0.480 e. The first-order chi connectivity index (χ1) is 9.33. The number of nitrogens with zero attached hydrogens (tertiary/aromatic N) is 1. The van der Waals surface area contributed by atoms with Crippen LogP contribution in [0.1, 0.15) is 39.5 Å². The van der Waals surface area contributed by atoms with Crippen molar-refractivity contribution < 1.29 is 19.5 Å². The lowest BCUT2D eigenvalue weighted by Crippen LogP contribution is -2.49. The summed E-state index contributed by atoms with van der Waals surface area (Å²) in [4.78, 5) is 35.5. The van der Waals surface area contributed by atoms with E-state index in [2.05, 4.69) is 19.2 Å². The molecule has 1 atom stereocenters. The second kappa shape index (κ2) is 6.58. The summed E-state index contributed by atoms with van der Waals surface area (Å²) in [5.41, 5.74) is 5.10. The number of amides is 3. The van der Waals surface area contributed by atoms with Gasteiger partial charge in [0.25, 0.3) is 0 Å². The molecule has 0 spiro atoms. The lowest BCUT2D eigenvalue weighted by atomic mass is 9.82. The molecule has 0 aromatic carbocycles. The number of nitrogens with one attached hydrogen (secondary N) is 1. The molecule has 1 aliphatic rings. The van der Waals surface area contributed by atoms with Crippen molar-refractivity contribution in [2.24, 2.45) is 11.1 Å². The number of aliphatic carboxylic acids is 1. The molecule has 1 rings (SSSR count). The predicted molar refractivity (Wildman–Crippen MR) is 73.0 cm³/mol. The van der Waals surface area contributed by atoms with Crippen LogP contribution in [0.25, 0.3) is 0 Å². The molecule has 20 heavy (non-hydrogen) atoms. The van der Waals surface area contributed by atoms with Crippen molar-refractivity contribution in [3.63, 3.8) is 0 Å². The molecular weight excluding hydrogens is 262 g/mol. The number of carbonyl (C=O) groups excluding carboxylic acids is 2. The number of hydrogen-bond acceptors (Lipinski definition) is 3. The van der Waals surface area contributed by atoms with Crippen LogP contribution in [0.15, 0.2) is 0 Å². The van der Waals surface area contributed by atoms with Gasteiger partial charge < -0.3 is 21.1 Å². The summed E-state index contributed by atoms with van der Waals surface area (Å²) in [5, 5.41) is 11.3. The van der Waals surface area contributed by atoms with Crippen molar-refractivity contribution in [2.45, 2.75) is 45.6 Å². The smallest absolute Gasteiger partial charge is 0.326 e. The van der Waals surface area contributed by atoms with E-state index in [-0.39, 0.29) is 5.41 Å². The van der Waals surface area contributed by atoms with Gasteiger partial charge in [-0.3, -0.25) is 4.79 Å². The molecule has 0 saturated carbocycles. The molecule has 4 N–H and O–H groups in total. The van der Waals surface area contributed by atoms with Crippen LogP contribution < -0.4 is 11.1 Å². The quantitative estimate of drug-likeness (QED) is 0.661. The van der Waals surface area contributed by atoms with Crippen LogP contribution in [0.4, 0.5) is 4.79 Å². The van der Waals surface area contributed by atoms with Crippen molar-refractivity contribution >= 4 is 17.9 Å². The summed E-state index contributed by atoms with van der Waals surface area (Å²) in [6.45, 7) is 5.42. The fourth-order valence-electron chi connectivity index (χ4n) is 2.58. The maximum atomic E-state index is 12.1. The van der Waals surface area contributed by atoms with E-state index in [9.17, 15) is 14.4 Å². The van der Waals surface area contributed by atoms with Crippen LogP contribution in [0.3, 0.4) is 0 Å². The number of nitrogens with two attached hydrogens (primary N) is 1. The first-order valence-electron chi connectivity index (χ1n) is 6.90. The van der Waals surface area contributed by atoms with E-state index in [1.807, 2.05) is 0 Å². The van der Waals surface area contributed by atoms with Gasteiger partial charge in [0, 0.05) is 13.1 Å². The molecule has 1 fully saturated rings. The van der Waals surface area contributed by atoms with Crippen LogP contribution in [0.2, 0.25) is 0 Å². The van der Waals surface area contributed by atoms with Crippen LogP contribution in [-0.2, 0) is 9.59 Å². The minimum atomic E-state index is -1.27. The SMILES string of the molecule is CCC1(CC)CCN(C(=O)N[C@@H](CC(N)=O)C(=O)O)C1. The molecule has 0 aromatic heterocycles. The topological polar surface area (TPSA) is 113 Å². The number of carboxylic acid groups (broad SMARTS) is 1. The van der Waals surface area contributed by atoms with E-state index in [4.69, 9.17) is 10.8 Å². The maximum absolute atomic E-state index is 12.1. The Morgan fingerprint density at radius 1 is 1.35 bits per heavy atom. The molecule has 0 unspecified atom stereocenters. The van der Waals surface area contributed by atoms with Gasteiger partial charge >= 0.3 is 12.0 Å². The summed E-state index contributed by atoms with van der Waals surface area (Å²) in [5.74, 6) is -2.01. The largest absolute Gasteiger partial charge is 0.480 e. The summed E-state index contributed by atoms with van der Waals surface area (Å²) < 4.78 is 0. The highest BCUT2D eigenvalue weighted by atomic mass is 16.4. The summed E-state index contributed by atoms with van der Waals surface area (Å²) in [6, 6.07) is -1.71. The first kappa shape index (κ1) is 16.3. The van der Waals surface area contributed by atoms with Crippen molar-refractivity contribution in [3.8, 4) is 0 Å². The lowest BCUT2D eigenvalue weighted by molar-refractivity contribution is -0.140. The third-order valence-electron chi connectivity index (χ3n) is 4.23. The van der Waals surface area contributed by atoms with Crippen LogP contribution in [-0.4, -0.2) is 47.0 Å². The molecule has 3 amide bonds. The highest BCUT2D eigenvalue weighted by Crippen LogP contribution is 2.36.